The van der Waals surface area contributed by atoms with E-state index in [0.717, 1.165) is 24.5 Å². The van der Waals surface area contributed by atoms with Gasteiger partial charge in [0.25, 0.3) is 10.0 Å². The SMILES string of the molecule is CONS(=O)(=O)c1csc(C(=O)O)c1. The summed E-state index contributed by atoms with van der Waals surface area (Å²) in [6.07, 6.45) is 0. The molecule has 0 saturated heterocycles. The van der Waals surface area contributed by atoms with E-state index < -0.39 is 16.0 Å². The molecule has 1 rings (SSSR count). The molecule has 6 nitrogen and oxygen atoms in total. The Morgan fingerprint density at radius 3 is 2.71 bits per heavy atom. The highest BCUT2D eigenvalue weighted by Crippen LogP contribution is 2.18. The molecule has 1 aromatic rings. The van der Waals surface area contributed by atoms with E-state index in [1.54, 1.807) is 4.89 Å². The second-order valence-corrected chi connectivity index (χ2v) is 4.80. The third kappa shape index (κ3) is 2.29. The van der Waals surface area contributed by atoms with Gasteiger partial charge in [-0.3, -0.25) is 4.84 Å². The van der Waals surface area contributed by atoms with Gasteiger partial charge in [0.05, 0.1) is 12.0 Å². The van der Waals surface area contributed by atoms with Gasteiger partial charge in [0, 0.05) is 5.38 Å². The van der Waals surface area contributed by atoms with E-state index >= 15 is 0 Å². The Labute approximate surface area is 84.1 Å². The summed E-state index contributed by atoms with van der Waals surface area (Å²) in [5.74, 6) is -1.16. The highest BCUT2D eigenvalue weighted by atomic mass is 32.2. The minimum atomic E-state index is -3.75. The molecule has 0 aliphatic carbocycles. The number of sulfonamides is 1. The molecule has 0 aromatic carbocycles. The average molecular weight is 237 g/mol. The summed E-state index contributed by atoms with van der Waals surface area (Å²) >= 11 is 0.836. The number of carbonyl (C=O) groups is 1. The topological polar surface area (TPSA) is 92.7 Å². The minimum Gasteiger partial charge on any atom is -0.477 e. The number of nitrogens with one attached hydrogen (secondary N) is 1. The zero-order chi connectivity index (χ0) is 10.8. The Bertz CT molecular complexity index is 435. The third-order valence-corrected chi connectivity index (χ3v) is 3.60. The summed E-state index contributed by atoms with van der Waals surface area (Å²) in [7, 11) is -2.59. The molecule has 0 aliphatic heterocycles. The monoisotopic (exact) mass is 237 g/mol. The zero-order valence-corrected chi connectivity index (χ0v) is 8.68. The predicted octanol–water partition coefficient (Wildman–Crippen LogP) is 0.286. The average Bonchev–Trinajstić information content (AvgIpc) is 2.51. The fourth-order valence-electron chi connectivity index (χ4n) is 0.730. The van der Waals surface area contributed by atoms with Crippen LogP contribution in [0.15, 0.2) is 16.3 Å². The Kier molecular flexibility index (Phi) is 3.21. The highest BCUT2D eigenvalue weighted by Gasteiger charge is 2.17. The molecule has 1 heterocycles. The summed E-state index contributed by atoms with van der Waals surface area (Å²) in [5.41, 5.74) is 0. The third-order valence-electron chi connectivity index (χ3n) is 1.29. The molecule has 0 radical (unpaired) electrons. The van der Waals surface area contributed by atoms with Gasteiger partial charge >= 0.3 is 5.97 Å². The summed E-state index contributed by atoms with van der Waals surface area (Å²) in [5, 5.41) is 9.78. The molecule has 14 heavy (non-hydrogen) atoms. The van der Waals surface area contributed by atoms with Crippen LogP contribution in [0, 0.1) is 0 Å². The van der Waals surface area contributed by atoms with Gasteiger partial charge < -0.3 is 5.11 Å². The maximum atomic E-state index is 11.2. The van der Waals surface area contributed by atoms with Crippen LogP contribution in [0.25, 0.3) is 0 Å². The lowest BCUT2D eigenvalue weighted by Gasteiger charge is -1.99. The molecule has 2 N–H and O–H groups in total. The molecular formula is C6H7NO5S2. The van der Waals surface area contributed by atoms with Crippen LogP contribution < -0.4 is 4.89 Å². The van der Waals surface area contributed by atoms with Crippen LogP contribution in [-0.2, 0) is 14.9 Å². The van der Waals surface area contributed by atoms with Crippen molar-refractivity contribution in [3.63, 3.8) is 0 Å². The van der Waals surface area contributed by atoms with Gasteiger partial charge in [0.15, 0.2) is 0 Å². The molecule has 0 spiro atoms. The molecule has 0 unspecified atom stereocenters. The van der Waals surface area contributed by atoms with E-state index in [2.05, 4.69) is 4.84 Å². The second-order valence-electron chi connectivity index (χ2n) is 2.24. The van der Waals surface area contributed by atoms with E-state index in [4.69, 9.17) is 5.11 Å². The van der Waals surface area contributed by atoms with Crippen LogP contribution in [0.2, 0.25) is 0 Å². The number of carboxylic acid groups (broad SMARTS) is 1. The first kappa shape index (κ1) is 11.1. The summed E-state index contributed by atoms with van der Waals surface area (Å²) in [6, 6.07) is 1.06. The van der Waals surface area contributed by atoms with Crippen LogP contribution in [0.3, 0.4) is 0 Å². The smallest absolute Gasteiger partial charge is 0.345 e. The van der Waals surface area contributed by atoms with Gasteiger partial charge in [-0.05, 0) is 6.07 Å². The van der Waals surface area contributed by atoms with E-state index in [1.807, 2.05) is 0 Å². The van der Waals surface area contributed by atoms with Crippen molar-refractivity contribution in [2.75, 3.05) is 7.11 Å². The van der Waals surface area contributed by atoms with Gasteiger partial charge in [-0.25, -0.2) is 13.2 Å². The van der Waals surface area contributed by atoms with Crippen molar-refractivity contribution in [2.24, 2.45) is 0 Å². The van der Waals surface area contributed by atoms with Crippen molar-refractivity contribution in [1.82, 2.24) is 4.89 Å². The molecule has 0 amide bonds. The Morgan fingerprint density at radius 1 is 1.64 bits per heavy atom. The van der Waals surface area contributed by atoms with Gasteiger partial charge in [-0.1, -0.05) is 4.89 Å². The number of hydrogen-bond acceptors (Lipinski definition) is 5. The molecule has 78 valence electrons. The largest absolute Gasteiger partial charge is 0.477 e. The van der Waals surface area contributed by atoms with Gasteiger partial charge in [0.2, 0.25) is 0 Å². The first-order valence-corrected chi connectivity index (χ1v) is 5.70. The fourth-order valence-corrected chi connectivity index (χ4v) is 2.65. The van der Waals surface area contributed by atoms with E-state index in [0.29, 0.717) is 0 Å². The summed E-state index contributed by atoms with van der Waals surface area (Å²) < 4.78 is 22.5. The number of aromatic carboxylic acids is 1. The standard InChI is InChI=1S/C6H7NO5S2/c1-12-7-14(10,11)4-2-5(6(8)9)13-3-4/h2-3,7H,1H3,(H,8,9). The Morgan fingerprint density at radius 2 is 2.29 bits per heavy atom. The minimum absolute atomic E-state index is 0.0403. The van der Waals surface area contributed by atoms with Crippen molar-refractivity contribution in [3.05, 3.63) is 16.3 Å². The Balaban J connectivity index is 3.03. The number of thiophene rings is 1. The fraction of sp³-hybridized carbons (Fsp3) is 0.167. The molecule has 0 saturated carbocycles. The molecular weight excluding hydrogens is 230 g/mol. The van der Waals surface area contributed by atoms with Crippen LogP contribution in [0.5, 0.6) is 0 Å². The molecule has 0 aliphatic rings. The number of hydrogen-bond donors (Lipinski definition) is 2. The van der Waals surface area contributed by atoms with Gasteiger partial charge in [-0.15, -0.1) is 11.3 Å². The normalized spacial score (nSPS) is 11.5. The van der Waals surface area contributed by atoms with E-state index in [1.165, 1.54) is 5.38 Å². The Hall–Kier alpha value is -0.960. The molecule has 0 bridgehead atoms. The lowest BCUT2D eigenvalue weighted by molar-refractivity contribution is 0.0702. The first-order chi connectivity index (χ1) is 6.47. The zero-order valence-electron chi connectivity index (χ0n) is 7.05. The van der Waals surface area contributed by atoms with Crippen LogP contribution >= 0.6 is 11.3 Å². The summed E-state index contributed by atoms with van der Waals surface area (Å²) in [6.45, 7) is 0. The van der Waals surface area contributed by atoms with Crippen LogP contribution in [-0.4, -0.2) is 26.6 Å². The maximum Gasteiger partial charge on any atom is 0.345 e. The lowest BCUT2D eigenvalue weighted by Crippen LogP contribution is -2.21. The van der Waals surface area contributed by atoms with Crippen molar-refractivity contribution >= 4 is 27.3 Å². The van der Waals surface area contributed by atoms with E-state index in [9.17, 15) is 13.2 Å². The van der Waals surface area contributed by atoms with Crippen LogP contribution in [0.4, 0.5) is 0 Å². The van der Waals surface area contributed by atoms with Crippen molar-refractivity contribution < 1.29 is 23.2 Å². The van der Waals surface area contributed by atoms with Crippen molar-refractivity contribution in [2.45, 2.75) is 4.90 Å². The highest BCUT2D eigenvalue weighted by molar-refractivity contribution is 7.89. The molecule has 0 fully saturated rings. The molecule has 1 aromatic heterocycles. The van der Waals surface area contributed by atoms with Crippen molar-refractivity contribution in [1.29, 1.82) is 0 Å². The summed E-state index contributed by atoms with van der Waals surface area (Å²) in [4.78, 5) is 16.3. The number of carboxylic acids is 1. The molecule has 0 atom stereocenters. The van der Waals surface area contributed by atoms with E-state index in [-0.39, 0.29) is 9.77 Å². The lowest BCUT2D eigenvalue weighted by atomic mass is 10.5. The maximum absolute atomic E-state index is 11.2. The van der Waals surface area contributed by atoms with Crippen molar-refractivity contribution in [3.8, 4) is 0 Å². The number of rotatable bonds is 4. The quantitative estimate of drug-likeness (QED) is 0.734. The van der Waals surface area contributed by atoms with Gasteiger partial charge in [-0.2, -0.15) is 0 Å². The second kappa shape index (κ2) is 4.05. The molecule has 8 heteroatoms. The first-order valence-electron chi connectivity index (χ1n) is 3.34. The van der Waals surface area contributed by atoms with Gasteiger partial charge in [0.1, 0.15) is 4.88 Å². The predicted molar refractivity (Wildman–Crippen MR) is 48.6 cm³/mol. The van der Waals surface area contributed by atoms with Crippen LogP contribution in [0.1, 0.15) is 9.67 Å².